The lowest BCUT2D eigenvalue weighted by molar-refractivity contribution is 0.0862. The highest BCUT2D eigenvalue weighted by Gasteiger charge is 2.15. The zero-order chi connectivity index (χ0) is 23.3. The number of aromatic nitrogens is 3. The second-order valence-electron chi connectivity index (χ2n) is 8.58. The van der Waals surface area contributed by atoms with Gasteiger partial charge in [0, 0.05) is 42.3 Å². The maximum absolute atomic E-state index is 9.97. The van der Waals surface area contributed by atoms with Crippen LogP contribution >= 0.6 is 11.3 Å². The Morgan fingerprint density at radius 3 is 2.61 bits per heavy atom. The van der Waals surface area contributed by atoms with E-state index in [1.165, 1.54) is 5.56 Å². The minimum absolute atomic E-state index is 0.0622. The van der Waals surface area contributed by atoms with Gasteiger partial charge in [-0.05, 0) is 38.0 Å². The number of aliphatic hydroxyl groups is 1. The smallest absolute Gasteiger partial charge is 0.162 e. The van der Waals surface area contributed by atoms with Crippen molar-refractivity contribution in [1.29, 1.82) is 0 Å². The number of nitrogens with two attached hydrogens (primary N) is 1. The molecule has 3 aromatic heterocycles. The minimum atomic E-state index is -0.836. The van der Waals surface area contributed by atoms with E-state index in [9.17, 15) is 5.11 Å². The van der Waals surface area contributed by atoms with E-state index in [-0.39, 0.29) is 6.04 Å². The molecule has 4 rings (SSSR count). The van der Waals surface area contributed by atoms with Crippen LogP contribution in [0.5, 0.6) is 0 Å². The normalized spacial score (nSPS) is 12.2. The van der Waals surface area contributed by atoms with E-state index in [0.717, 1.165) is 33.6 Å². The summed E-state index contributed by atoms with van der Waals surface area (Å²) in [4.78, 5) is 13.7. The molecule has 3 heterocycles. The third-order valence-electron chi connectivity index (χ3n) is 4.97. The van der Waals surface area contributed by atoms with Crippen LogP contribution in [0.2, 0.25) is 0 Å². The number of benzene rings is 1. The van der Waals surface area contributed by atoms with Gasteiger partial charge in [0.2, 0.25) is 0 Å². The molecule has 4 aromatic rings. The Morgan fingerprint density at radius 2 is 1.88 bits per heavy atom. The molecule has 168 valence electrons. The van der Waals surface area contributed by atoms with Crippen molar-refractivity contribution < 1.29 is 5.11 Å². The maximum Gasteiger partial charge on any atom is 0.162 e. The average Bonchev–Trinajstić information content (AvgIpc) is 3.21. The van der Waals surface area contributed by atoms with Crippen molar-refractivity contribution in [2.75, 3.05) is 11.9 Å². The number of fused-ring (bicyclic) bond motifs is 1. The molecule has 0 fully saturated rings. The lowest BCUT2D eigenvalue weighted by Crippen LogP contribution is -2.31. The molecule has 6 nitrogen and oxygen atoms in total. The molecule has 0 saturated carbocycles. The van der Waals surface area contributed by atoms with Crippen LogP contribution in [0.15, 0.2) is 60.2 Å². The van der Waals surface area contributed by atoms with Crippen molar-refractivity contribution >= 4 is 27.4 Å². The first-order valence-electron chi connectivity index (χ1n) is 10.8. The Hall–Kier alpha value is -3.31. The Bertz CT molecular complexity index is 1270. The first kappa shape index (κ1) is 22.9. The fourth-order valence-corrected chi connectivity index (χ4v) is 4.23. The van der Waals surface area contributed by atoms with Crippen LogP contribution in [0.4, 0.5) is 5.82 Å². The topological polar surface area (TPSA) is 97.0 Å². The first-order valence-corrected chi connectivity index (χ1v) is 11.7. The molecule has 4 N–H and O–H groups in total. The molecular weight excluding hydrogens is 430 g/mol. The quantitative estimate of drug-likeness (QED) is 0.359. The molecular formula is C26H27N5OS. The largest absolute Gasteiger partial charge is 0.389 e. The number of rotatable bonds is 7. The molecule has 0 amide bonds. The fourth-order valence-electron chi connectivity index (χ4n) is 3.33. The fraction of sp³-hybridized carbons (Fsp3) is 0.269. The second-order valence-corrected chi connectivity index (χ2v) is 9.46. The molecule has 0 aliphatic heterocycles. The van der Waals surface area contributed by atoms with Crippen LogP contribution in [0.3, 0.4) is 0 Å². The molecule has 1 atom stereocenters. The Morgan fingerprint density at radius 1 is 1.12 bits per heavy atom. The summed E-state index contributed by atoms with van der Waals surface area (Å²) in [5, 5.41) is 15.4. The van der Waals surface area contributed by atoms with Gasteiger partial charge < -0.3 is 16.2 Å². The zero-order valence-electron chi connectivity index (χ0n) is 18.7. The van der Waals surface area contributed by atoms with E-state index in [4.69, 9.17) is 15.7 Å². The number of pyridine rings is 1. The SMILES string of the molecule is CC(C)(O)CC#Cc1csc2c(NC[C@H](N)Cc3ccccc3)nc(-c3ccncc3)nc12. The molecule has 1 aromatic carbocycles. The molecule has 0 spiro atoms. The maximum atomic E-state index is 9.97. The second kappa shape index (κ2) is 10.1. The lowest BCUT2D eigenvalue weighted by atomic mass is 10.1. The summed E-state index contributed by atoms with van der Waals surface area (Å²) < 4.78 is 0.937. The van der Waals surface area contributed by atoms with Crippen molar-refractivity contribution in [1.82, 2.24) is 15.0 Å². The predicted octanol–water partition coefficient (Wildman–Crippen LogP) is 4.25. The van der Waals surface area contributed by atoms with Gasteiger partial charge in [-0.2, -0.15) is 0 Å². The number of hydrogen-bond acceptors (Lipinski definition) is 7. The van der Waals surface area contributed by atoms with Crippen LogP contribution in [-0.4, -0.2) is 38.2 Å². The van der Waals surface area contributed by atoms with E-state index in [1.54, 1.807) is 37.6 Å². The summed E-state index contributed by atoms with van der Waals surface area (Å²) in [5.41, 5.74) is 9.27. The third-order valence-corrected chi connectivity index (χ3v) is 5.95. The first-order chi connectivity index (χ1) is 15.9. The molecule has 0 saturated heterocycles. The standard InChI is InChI=1S/C26H27N5OS/c1-26(2,32)12-6-9-20-17-33-23-22(20)30-24(19-10-13-28-14-11-19)31-25(23)29-16-21(27)15-18-7-4-3-5-8-18/h3-5,7-8,10-11,13-14,17,21,32H,12,15-16,27H2,1-2H3,(H,29,30,31)/t21-/m1/s1. The van der Waals surface area contributed by atoms with Gasteiger partial charge in [-0.3, -0.25) is 4.98 Å². The minimum Gasteiger partial charge on any atom is -0.389 e. The van der Waals surface area contributed by atoms with Crippen molar-refractivity contribution in [3.63, 3.8) is 0 Å². The van der Waals surface area contributed by atoms with Gasteiger partial charge in [0.25, 0.3) is 0 Å². The summed E-state index contributed by atoms with van der Waals surface area (Å²) in [6, 6.07) is 13.9. The number of hydrogen-bond donors (Lipinski definition) is 3. The monoisotopic (exact) mass is 457 g/mol. The summed E-state index contributed by atoms with van der Waals surface area (Å²) in [5.74, 6) is 7.60. The highest BCUT2D eigenvalue weighted by molar-refractivity contribution is 7.18. The summed E-state index contributed by atoms with van der Waals surface area (Å²) >= 11 is 1.55. The summed E-state index contributed by atoms with van der Waals surface area (Å²) in [7, 11) is 0. The van der Waals surface area contributed by atoms with Crippen molar-refractivity contribution in [3.05, 3.63) is 71.4 Å². The number of nitrogens with zero attached hydrogens (tertiary/aromatic N) is 3. The molecule has 0 radical (unpaired) electrons. The molecule has 0 aliphatic rings. The van der Waals surface area contributed by atoms with Gasteiger partial charge in [0.05, 0.1) is 15.9 Å². The highest BCUT2D eigenvalue weighted by Crippen LogP contribution is 2.32. The van der Waals surface area contributed by atoms with Gasteiger partial charge in [-0.15, -0.1) is 11.3 Å². The van der Waals surface area contributed by atoms with E-state index in [2.05, 4.69) is 34.3 Å². The predicted molar refractivity (Wildman–Crippen MR) is 135 cm³/mol. The van der Waals surface area contributed by atoms with Gasteiger partial charge >= 0.3 is 0 Å². The van der Waals surface area contributed by atoms with Crippen LogP contribution in [0.1, 0.15) is 31.4 Å². The van der Waals surface area contributed by atoms with E-state index < -0.39 is 5.60 Å². The number of anilines is 1. The number of nitrogens with one attached hydrogen (secondary N) is 1. The van der Waals surface area contributed by atoms with Crippen LogP contribution in [-0.2, 0) is 6.42 Å². The Labute approximate surface area is 197 Å². The van der Waals surface area contributed by atoms with Crippen molar-refractivity contribution in [2.24, 2.45) is 5.73 Å². The molecule has 0 aliphatic carbocycles. The Kier molecular flexibility index (Phi) is 6.99. The zero-order valence-corrected chi connectivity index (χ0v) is 19.6. The third kappa shape index (κ3) is 6.14. The van der Waals surface area contributed by atoms with Crippen LogP contribution in [0, 0.1) is 11.8 Å². The van der Waals surface area contributed by atoms with E-state index in [0.29, 0.717) is 18.8 Å². The van der Waals surface area contributed by atoms with Gasteiger partial charge in [-0.1, -0.05) is 42.2 Å². The summed E-state index contributed by atoms with van der Waals surface area (Å²) in [6.07, 6.45) is 4.61. The lowest BCUT2D eigenvalue weighted by Gasteiger charge is -2.14. The number of thiophene rings is 1. The molecule has 7 heteroatoms. The highest BCUT2D eigenvalue weighted by atomic mass is 32.1. The van der Waals surface area contributed by atoms with Crippen LogP contribution in [0.25, 0.3) is 21.6 Å². The van der Waals surface area contributed by atoms with E-state index >= 15 is 0 Å². The van der Waals surface area contributed by atoms with Gasteiger partial charge in [-0.25, -0.2) is 9.97 Å². The van der Waals surface area contributed by atoms with E-state index in [1.807, 2.05) is 35.7 Å². The van der Waals surface area contributed by atoms with Gasteiger partial charge in [0.15, 0.2) is 5.82 Å². The van der Waals surface area contributed by atoms with Gasteiger partial charge in [0.1, 0.15) is 11.3 Å². The average molecular weight is 458 g/mol. The molecule has 33 heavy (non-hydrogen) atoms. The molecule has 0 bridgehead atoms. The van der Waals surface area contributed by atoms with Crippen LogP contribution < -0.4 is 11.1 Å². The summed E-state index contributed by atoms with van der Waals surface area (Å²) in [6.45, 7) is 4.07. The van der Waals surface area contributed by atoms with Crippen molar-refractivity contribution in [2.45, 2.75) is 38.3 Å². The Balaban J connectivity index is 1.64. The molecule has 0 unspecified atom stereocenters. The van der Waals surface area contributed by atoms with Crippen molar-refractivity contribution in [3.8, 4) is 23.2 Å².